The Hall–Kier alpha value is -1.94. The van der Waals surface area contributed by atoms with Crippen molar-refractivity contribution < 1.29 is 57.6 Å². The van der Waals surface area contributed by atoms with Crippen molar-refractivity contribution in [2.45, 2.75) is 0 Å². The molecule has 1 rings (SSSR count). The molecule has 0 atom stereocenters. The summed E-state index contributed by atoms with van der Waals surface area (Å²) in [5.41, 5.74) is -1.82. The van der Waals surface area contributed by atoms with Gasteiger partial charge in [-0.25, -0.2) is 18.7 Å². The van der Waals surface area contributed by atoms with E-state index in [2.05, 4.69) is 9.05 Å². The van der Waals surface area contributed by atoms with Gasteiger partial charge in [-0.1, -0.05) is 0 Å². The van der Waals surface area contributed by atoms with Gasteiger partial charge in [-0.2, -0.15) is 0 Å². The third-order valence-electron chi connectivity index (χ3n) is 1.96. The van der Waals surface area contributed by atoms with Crippen LogP contribution in [0, 0.1) is 0 Å². The van der Waals surface area contributed by atoms with Crippen molar-refractivity contribution in [1.29, 1.82) is 0 Å². The number of phenols is 2. The Kier molecular flexibility index (Phi) is 4.98. The molecule has 22 heavy (non-hydrogen) atoms. The summed E-state index contributed by atoms with van der Waals surface area (Å²) in [6.45, 7) is 0. The van der Waals surface area contributed by atoms with E-state index in [-0.39, 0.29) is 0 Å². The van der Waals surface area contributed by atoms with Crippen LogP contribution in [0.1, 0.15) is 20.7 Å². The monoisotopic (exact) mass is 358 g/mol. The molecule has 0 saturated heterocycles. The Morgan fingerprint density at radius 3 is 1.27 bits per heavy atom. The van der Waals surface area contributed by atoms with Crippen LogP contribution in [0.5, 0.6) is 11.5 Å². The maximum absolute atomic E-state index is 11.3. The molecular formula is C8H8O12P2. The summed E-state index contributed by atoms with van der Waals surface area (Å²) in [7, 11) is -10.4. The SMILES string of the molecule is O=C(OP(=O)(O)O)c1cc(O)c(C(=O)OP(=O)(O)O)cc1O. The van der Waals surface area contributed by atoms with Crippen molar-refractivity contribution in [2.75, 3.05) is 0 Å². The molecule has 6 N–H and O–H groups in total. The molecule has 0 aromatic heterocycles. The normalized spacial score (nSPS) is 11.8. The second-order valence-electron chi connectivity index (χ2n) is 3.63. The first kappa shape index (κ1) is 18.1. The Morgan fingerprint density at radius 2 is 1.05 bits per heavy atom. The summed E-state index contributed by atoms with van der Waals surface area (Å²) in [4.78, 5) is 56.4. The first-order valence-corrected chi connectivity index (χ1v) is 8.01. The van der Waals surface area contributed by atoms with Gasteiger partial charge in [0.2, 0.25) is 0 Å². The summed E-state index contributed by atoms with van der Waals surface area (Å²) in [5.74, 6) is -5.55. The Bertz CT molecular complexity index is 650. The van der Waals surface area contributed by atoms with E-state index in [1.165, 1.54) is 0 Å². The van der Waals surface area contributed by atoms with Crippen LogP contribution >= 0.6 is 15.6 Å². The summed E-state index contributed by atoms with van der Waals surface area (Å²) in [6, 6.07) is 0.785. The number of phosphoric ester groups is 2. The van der Waals surface area contributed by atoms with Crippen LogP contribution in [0.2, 0.25) is 0 Å². The fraction of sp³-hybridized carbons (Fsp3) is 0. The molecular weight excluding hydrogens is 350 g/mol. The Morgan fingerprint density at radius 1 is 0.773 bits per heavy atom. The van der Waals surface area contributed by atoms with Gasteiger partial charge in [-0.15, -0.1) is 0 Å². The van der Waals surface area contributed by atoms with Crippen LogP contribution in [-0.4, -0.2) is 41.7 Å². The molecule has 0 aliphatic rings. The third-order valence-corrected chi connectivity index (χ3v) is 2.76. The van der Waals surface area contributed by atoms with Crippen LogP contribution in [0.4, 0.5) is 0 Å². The van der Waals surface area contributed by atoms with Gasteiger partial charge in [0.15, 0.2) is 0 Å². The standard InChI is InChI=1S/C8H8O12P2/c9-5-1-3(7(11)19-21(13,14)15)6(10)2-4(5)8(12)20-22(16,17)18/h1-2,9-10H,(H2,13,14,15)(H2,16,17,18). The van der Waals surface area contributed by atoms with E-state index in [9.17, 15) is 28.9 Å². The molecule has 0 unspecified atom stereocenters. The Labute approximate surface area is 121 Å². The Balaban J connectivity index is 3.17. The highest BCUT2D eigenvalue weighted by Crippen LogP contribution is 2.41. The lowest BCUT2D eigenvalue weighted by molar-refractivity contribution is 0.0651. The molecule has 0 bridgehead atoms. The highest BCUT2D eigenvalue weighted by atomic mass is 31.2. The van der Waals surface area contributed by atoms with Crippen LogP contribution in [0.15, 0.2) is 12.1 Å². The molecule has 1 aromatic carbocycles. The molecule has 0 aliphatic heterocycles. The summed E-state index contributed by atoms with van der Waals surface area (Å²) >= 11 is 0. The number of hydrogen-bond acceptors (Lipinski definition) is 8. The number of hydrogen-bond donors (Lipinski definition) is 6. The summed E-state index contributed by atoms with van der Waals surface area (Å²) in [5, 5.41) is 18.9. The maximum atomic E-state index is 11.3. The predicted molar refractivity (Wildman–Crippen MR) is 64.7 cm³/mol. The van der Waals surface area contributed by atoms with Crippen molar-refractivity contribution in [2.24, 2.45) is 0 Å². The number of aromatic hydroxyl groups is 2. The van der Waals surface area contributed by atoms with Gasteiger partial charge in [0, 0.05) is 0 Å². The zero-order chi connectivity index (χ0) is 17.3. The van der Waals surface area contributed by atoms with Gasteiger partial charge in [-0.3, -0.25) is 19.6 Å². The van der Waals surface area contributed by atoms with Crippen molar-refractivity contribution in [3.05, 3.63) is 23.3 Å². The highest BCUT2D eigenvalue weighted by Gasteiger charge is 2.28. The number of phenolic OH excluding ortho intramolecular Hbond substituents is 2. The first-order chi connectivity index (χ1) is 9.80. The van der Waals surface area contributed by atoms with Crippen LogP contribution in [0.3, 0.4) is 0 Å². The van der Waals surface area contributed by atoms with Crippen LogP contribution in [0.25, 0.3) is 0 Å². The van der Waals surface area contributed by atoms with Gasteiger partial charge in [0.05, 0.1) is 0 Å². The van der Waals surface area contributed by atoms with E-state index in [1.54, 1.807) is 0 Å². The molecule has 14 heteroatoms. The molecule has 0 radical (unpaired) electrons. The second kappa shape index (κ2) is 6.05. The minimum atomic E-state index is -5.22. The lowest BCUT2D eigenvalue weighted by Gasteiger charge is -2.10. The van der Waals surface area contributed by atoms with Crippen molar-refractivity contribution in [1.82, 2.24) is 0 Å². The molecule has 1 aromatic rings. The van der Waals surface area contributed by atoms with E-state index in [4.69, 9.17) is 19.6 Å². The van der Waals surface area contributed by atoms with Gasteiger partial charge in [0.1, 0.15) is 22.6 Å². The van der Waals surface area contributed by atoms with E-state index in [1.807, 2.05) is 0 Å². The first-order valence-electron chi connectivity index (χ1n) is 4.95. The van der Waals surface area contributed by atoms with Crippen molar-refractivity contribution in [3.63, 3.8) is 0 Å². The van der Waals surface area contributed by atoms with Gasteiger partial charge in [0.25, 0.3) is 0 Å². The zero-order valence-electron chi connectivity index (χ0n) is 10.2. The largest absolute Gasteiger partial charge is 0.527 e. The van der Waals surface area contributed by atoms with E-state index < -0.39 is 50.2 Å². The molecule has 0 aliphatic carbocycles. The van der Waals surface area contributed by atoms with Gasteiger partial charge in [-0.05, 0) is 12.1 Å². The highest BCUT2D eigenvalue weighted by molar-refractivity contribution is 7.47. The number of carbonyl (C=O) groups excluding carboxylic acids is 2. The van der Waals surface area contributed by atoms with E-state index >= 15 is 0 Å². The van der Waals surface area contributed by atoms with Crippen molar-refractivity contribution in [3.8, 4) is 11.5 Å². The second-order valence-corrected chi connectivity index (χ2v) is 5.95. The fourth-order valence-corrected chi connectivity index (χ4v) is 1.85. The molecule has 0 spiro atoms. The zero-order valence-corrected chi connectivity index (χ0v) is 12.0. The van der Waals surface area contributed by atoms with Gasteiger partial charge >= 0.3 is 27.6 Å². The maximum Gasteiger partial charge on any atom is 0.527 e. The molecule has 0 fully saturated rings. The van der Waals surface area contributed by atoms with Crippen molar-refractivity contribution >= 4 is 27.6 Å². The number of rotatable bonds is 4. The topological polar surface area (TPSA) is 208 Å². The van der Waals surface area contributed by atoms with Crippen LogP contribution < -0.4 is 0 Å². The average Bonchev–Trinajstić information content (AvgIpc) is 2.26. The fourth-order valence-electron chi connectivity index (χ4n) is 1.22. The minimum absolute atomic E-state index is 0.392. The number of phosphoric acid groups is 2. The number of benzene rings is 1. The third kappa shape index (κ3) is 5.11. The summed E-state index contributed by atoms with van der Waals surface area (Å²) in [6.07, 6.45) is 0. The lowest BCUT2D eigenvalue weighted by Crippen LogP contribution is -2.07. The van der Waals surface area contributed by atoms with E-state index in [0.717, 1.165) is 0 Å². The average molecular weight is 358 g/mol. The number of carbonyl (C=O) groups is 2. The quantitative estimate of drug-likeness (QED) is 0.300. The molecule has 0 heterocycles. The molecule has 12 nitrogen and oxygen atoms in total. The summed E-state index contributed by atoms with van der Waals surface area (Å²) < 4.78 is 28.3. The molecule has 0 amide bonds. The van der Waals surface area contributed by atoms with Gasteiger partial charge < -0.3 is 19.3 Å². The molecule has 122 valence electrons. The van der Waals surface area contributed by atoms with E-state index in [0.29, 0.717) is 12.1 Å². The van der Waals surface area contributed by atoms with Crippen LogP contribution in [-0.2, 0) is 18.2 Å². The molecule has 0 saturated carbocycles. The minimum Gasteiger partial charge on any atom is -0.507 e. The smallest absolute Gasteiger partial charge is 0.507 e. The lowest BCUT2D eigenvalue weighted by atomic mass is 10.1. The predicted octanol–water partition coefficient (Wildman–Crippen LogP) is -0.403.